The minimum absolute atomic E-state index is 0.0366. The highest BCUT2D eigenvalue weighted by atomic mass is 16.5. The van der Waals surface area contributed by atoms with Crippen LogP contribution < -0.4 is 10.2 Å². The summed E-state index contributed by atoms with van der Waals surface area (Å²) in [5.74, 6) is -1.11. The molecule has 1 saturated heterocycles. The Kier molecular flexibility index (Phi) is 5.49. The lowest BCUT2D eigenvalue weighted by molar-refractivity contribution is -0.160. The number of hydrogen-bond acceptors (Lipinski definition) is 5. The molecule has 1 N–H and O–H groups in total. The highest BCUT2D eigenvalue weighted by molar-refractivity contribution is 6.15. The molecule has 0 spiro atoms. The van der Waals surface area contributed by atoms with Gasteiger partial charge in [-0.1, -0.05) is 26.0 Å². The summed E-state index contributed by atoms with van der Waals surface area (Å²) in [4.78, 5) is 54.9. The first kappa shape index (κ1) is 21.3. The van der Waals surface area contributed by atoms with Crippen LogP contribution in [0.15, 0.2) is 24.3 Å². The Morgan fingerprint density at radius 2 is 1.90 bits per heavy atom. The van der Waals surface area contributed by atoms with Gasteiger partial charge >= 0.3 is 5.97 Å². The Labute approximate surface area is 181 Å². The van der Waals surface area contributed by atoms with Crippen molar-refractivity contribution in [2.45, 2.75) is 58.2 Å². The zero-order valence-electron chi connectivity index (χ0n) is 18.2. The molecule has 1 saturated carbocycles. The van der Waals surface area contributed by atoms with Crippen molar-refractivity contribution in [2.24, 2.45) is 11.8 Å². The molecule has 1 aromatic rings. The molecule has 31 heavy (non-hydrogen) atoms. The number of benzene rings is 1. The Morgan fingerprint density at radius 3 is 2.58 bits per heavy atom. The summed E-state index contributed by atoms with van der Waals surface area (Å²) >= 11 is 0. The van der Waals surface area contributed by atoms with Crippen molar-refractivity contribution in [1.29, 1.82) is 0 Å². The van der Waals surface area contributed by atoms with Gasteiger partial charge in [0.05, 0.1) is 11.3 Å². The van der Waals surface area contributed by atoms with Crippen LogP contribution in [0.4, 0.5) is 5.69 Å². The lowest BCUT2D eigenvalue weighted by atomic mass is 9.95. The standard InChI is InChI=1S/C23H29N3O5/c1-14(2)12-25-21(29)17-6-4-5-7-18(17)26-20(28)10-11-23(25,26)22(30)31-13-19(27)24-15(3)16-8-9-16/h4-7,14-16H,8-13H2,1-3H3,(H,24,27)/t15-,23+/m1/s1. The minimum atomic E-state index is -1.56. The molecule has 1 aromatic carbocycles. The first-order valence-electron chi connectivity index (χ1n) is 11.0. The van der Waals surface area contributed by atoms with E-state index in [0.717, 1.165) is 12.8 Å². The van der Waals surface area contributed by atoms with E-state index in [1.807, 2.05) is 20.8 Å². The van der Waals surface area contributed by atoms with Crippen molar-refractivity contribution in [1.82, 2.24) is 10.2 Å². The van der Waals surface area contributed by atoms with Crippen molar-refractivity contribution in [3.8, 4) is 0 Å². The van der Waals surface area contributed by atoms with Crippen molar-refractivity contribution in [3.05, 3.63) is 29.8 Å². The van der Waals surface area contributed by atoms with Crippen LogP contribution in [0.25, 0.3) is 0 Å². The quantitative estimate of drug-likeness (QED) is 0.672. The van der Waals surface area contributed by atoms with Gasteiger partial charge in [-0.25, -0.2) is 4.79 Å². The number of anilines is 1. The summed E-state index contributed by atoms with van der Waals surface area (Å²) in [5.41, 5.74) is -0.758. The Bertz CT molecular complexity index is 926. The van der Waals surface area contributed by atoms with E-state index < -0.39 is 18.2 Å². The maximum atomic E-state index is 13.4. The smallest absolute Gasteiger partial charge is 0.354 e. The summed E-state index contributed by atoms with van der Waals surface area (Å²) in [6.45, 7) is 5.68. The maximum absolute atomic E-state index is 13.4. The van der Waals surface area contributed by atoms with Gasteiger partial charge in [0, 0.05) is 25.4 Å². The molecule has 2 aliphatic heterocycles. The second-order valence-electron chi connectivity index (χ2n) is 9.14. The monoisotopic (exact) mass is 427 g/mol. The molecular weight excluding hydrogens is 398 g/mol. The van der Waals surface area contributed by atoms with Crippen LogP contribution in [0.2, 0.25) is 0 Å². The van der Waals surface area contributed by atoms with Crippen molar-refractivity contribution >= 4 is 29.4 Å². The number of esters is 1. The van der Waals surface area contributed by atoms with Gasteiger partial charge in [-0.2, -0.15) is 0 Å². The van der Waals surface area contributed by atoms with Gasteiger partial charge in [0.25, 0.3) is 11.8 Å². The molecule has 2 heterocycles. The van der Waals surface area contributed by atoms with E-state index in [-0.39, 0.29) is 49.1 Å². The molecule has 0 aromatic heterocycles. The third-order valence-corrected chi connectivity index (χ3v) is 6.30. The summed E-state index contributed by atoms with van der Waals surface area (Å²) < 4.78 is 5.43. The average Bonchev–Trinajstić information content (AvgIpc) is 3.52. The molecule has 0 bridgehead atoms. The van der Waals surface area contributed by atoms with Crippen LogP contribution in [-0.2, 0) is 19.1 Å². The molecule has 8 nitrogen and oxygen atoms in total. The van der Waals surface area contributed by atoms with Gasteiger partial charge < -0.3 is 15.0 Å². The molecule has 3 amide bonds. The zero-order chi connectivity index (χ0) is 22.3. The van der Waals surface area contributed by atoms with Crippen LogP contribution in [0.3, 0.4) is 0 Å². The van der Waals surface area contributed by atoms with Crippen molar-refractivity contribution in [2.75, 3.05) is 18.1 Å². The van der Waals surface area contributed by atoms with Gasteiger partial charge in [-0.05, 0) is 43.7 Å². The van der Waals surface area contributed by atoms with E-state index in [2.05, 4.69) is 5.32 Å². The number of para-hydroxylation sites is 1. The van der Waals surface area contributed by atoms with Gasteiger partial charge in [0.15, 0.2) is 6.61 Å². The van der Waals surface area contributed by atoms with E-state index in [9.17, 15) is 19.2 Å². The van der Waals surface area contributed by atoms with Crippen LogP contribution in [0, 0.1) is 11.8 Å². The molecule has 0 radical (unpaired) electrons. The predicted molar refractivity (Wildman–Crippen MR) is 113 cm³/mol. The van der Waals surface area contributed by atoms with Crippen LogP contribution in [0.1, 0.15) is 56.8 Å². The molecular formula is C23H29N3O5. The highest BCUT2D eigenvalue weighted by Crippen LogP contribution is 2.45. The van der Waals surface area contributed by atoms with E-state index in [1.165, 1.54) is 9.80 Å². The van der Waals surface area contributed by atoms with E-state index in [0.29, 0.717) is 17.2 Å². The molecule has 2 atom stereocenters. The van der Waals surface area contributed by atoms with E-state index in [4.69, 9.17) is 4.74 Å². The van der Waals surface area contributed by atoms with Crippen molar-refractivity contribution < 1.29 is 23.9 Å². The molecule has 166 valence electrons. The SMILES string of the molecule is CC(C)CN1C(=O)c2ccccc2N2C(=O)CC[C@]12C(=O)OCC(=O)N[C@H](C)C1CC1. The second-order valence-corrected chi connectivity index (χ2v) is 9.14. The molecule has 1 aliphatic carbocycles. The molecule has 3 aliphatic rings. The van der Waals surface area contributed by atoms with E-state index >= 15 is 0 Å². The third kappa shape index (κ3) is 3.68. The fourth-order valence-electron chi connectivity index (χ4n) is 4.62. The fraction of sp³-hybridized carbons (Fsp3) is 0.565. The molecule has 0 unspecified atom stereocenters. The summed E-state index contributed by atoms with van der Waals surface area (Å²) in [6.07, 6.45) is 2.44. The number of fused-ring (bicyclic) bond motifs is 3. The number of amides is 3. The summed E-state index contributed by atoms with van der Waals surface area (Å²) in [7, 11) is 0. The highest BCUT2D eigenvalue weighted by Gasteiger charge is 2.62. The lowest BCUT2D eigenvalue weighted by Crippen LogP contribution is -2.69. The summed E-state index contributed by atoms with van der Waals surface area (Å²) in [6, 6.07) is 6.85. The van der Waals surface area contributed by atoms with Crippen LogP contribution in [-0.4, -0.2) is 53.4 Å². The molecule has 4 rings (SSSR count). The molecule has 2 fully saturated rings. The van der Waals surface area contributed by atoms with E-state index in [1.54, 1.807) is 24.3 Å². The number of nitrogens with one attached hydrogen (secondary N) is 1. The minimum Gasteiger partial charge on any atom is -0.452 e. The van der Waals surface area contributed by atoms with Crippen LogP contribution >= 0.6 is 0 Å². The first-order chi connectivity index (χ1) is 14.8. The molecule has 8 heteroatoms. The zero-order valence-corrected chi connectivity index (χ0v) is 18.2. The Hall–Kier alpha value is -2.90. The second kappa shape index (κ2) is 7.98. The third-order valence-electron chi connectivity index (χ3n) is 6.30. The number of hydrogen-bond donors (Lipinski definition) is 1. The topological polar surface area (TPSA) is 96.0 Å². The van der Waals surface area contributed by atoms with Crippen LogP contribution in [0.5, 0.6) is 0 Å². The van der Waals surface area contributed by atoms with Crippen molar-refractivity contribution in [3.63, 3.8) is 0 Å². The van der Waals surface area contributed by atoms with Gasteiger partial charge in [-0.15, -0.1) is 0 Å². The van der Waals surface area contributed by atoms with Gasteiger partial charge in [-0.3, -0.25) is 19.3 Å². The number of rotatable bonds is 7. The Balaban J connectivity index is 1.63. The van der Waals surface area contributed by atoms with Gasteiger partial charge in [0.1, 0.15) is 0 Å². The normalized spacial score (nSPS) is 23.5. The predicted octanol–water partition coefficient (Wildman–Crippen LogP) is 2.08. The van der Waals surface area contributed by atoms with Gasteiger partial charge in [0.2, 0.25) is 11.6 Å². The lowest BCUT2D eigenvalue weighted by Gasteiger charge is -2.48. The summed E-state index contributed by atoms with van der Waals surface area (Å²) in [5, 5.41) is 2.86. The largest absolute Gasteiger partial charge is 0.452 e. The Morgan fingerprint density at radius 1 is 1.19 bits per heavy atom. The fourth-order valence-corrected chi connectivity index (χ4v) is 4.62. The number of carbonyl (C=O) groups is 4. The maximum Gasteiger partial charge on any atom is 0.354 e. The number of nitrogens with zero attached hydrogens (tertiary/aromatic N) is 2. The first-order valence-corrected chi connectivity index (χ1v) is 11.0. The average molecular weight is 428 g/mol. The number of carbonyl (C=O) groups excluding carboxylic acids is 4. The number of ether oxygens (including phenoxy) is 1.